The van der Waals surface area contributed by atoms with E-state index >= 15 is 0 Å². The van der Waals surface area contributed by atoms with Gasteiger partial charge in [0.1, 0.15) is 12.7 Å². The van der Waals surface area contributed by atoms with Gasteiger partial charge in [-0.1, -0.05) is 31.2 Å². The number of hydrogen-bond acceptors (Lipinski definition) is 3. The summed E-state index contributed by atoms with van der Waals surface area (Å²) in [5.41, 5.74) is 1.23. The number of para-hydroxylation sites is 2. The Bertz CT molecular complexity index is 417. The molecule has 0 fully saturated rings. The molecule has 0 aromatic heterocycles. The van der Waals surface area contributed by atoms with E-state index in [1.54, 1.807) is 0 Å². The van der Waals surface area contributed by atoms with Gasteiger partial charge in [0.2, 0.25) is 0 Å². The van der Waals surface area contributed by atoms with Gasteiger partial charge in [-0.15, -0.1) is 0 Å². The Balaban J connectivity index is 2.04. The monoisotopic (exact) mass is 247 g/mol. The van der Waals surface area contributed by atoms with Crippen molar-refractivity contribution in [2.45, 2.75) is 31.9 Å². The summed E-state index contributed by atoms with van der Waals surface area (Å²) < 4.78 is 11.7. The molecule has 2 atom stereocenters. The van der Waals surface area contributed by atoms with Crippen LogP contribution in [0.25, 0.3) is 0 Å². The maximum Gasteiger partial charge on any atom is 0.161 e. The van der Waals surface area contributed by atoms with Gasteiger partial charge in [-0.2, -0.15) is 0 Å². The minimum absolute atomic E-state index is 0.0354. The zero-order valence-corrected chi connectivity index (χ0v) is 11.1. The average Bonchev–Trinajstić information content (AvgIpc) is 2.44. The average molecular weight is 247 g/mol. The maximum absolute atomic E-state index is 6.00. The number of rotatable bonds is 5. The molecule has 1 aromatic carbocycles. The third kappa shape index (κ3) is 2.85. The predicted octanol–water partition coefficient (Wildman–Crippen LogP) is 2.77. The number of nitrogens with one attached hydrogen (secondary N) is 1. The summed E-state index contributed by atoms with van der Waals surface area (Å²) in [5, 5.41) is 3.30. The molecule has 1 aromatic rings. The molecule has 0 bridgehead atoms. The SMILES string of the molecule is C=C(CC)CC(NC)C1COc2ccccc2O1. The van der Waals surface area contributed by atoms with Crippen molar-refractivity contribution in [3.8, 4) is 11.5 Å². The molecule has 0 amide bonds. The molecule has 3 nitrogen and oxygen atoms in total. The van der Waals surface area contributed by atoms with E-state index in [4.69, 9.17) is 9.47 Å². The lowest BCUT2D eigenvalue weighted by molar-refractivity contribution is 0.0639. The molecule has 2 unspecified atom stereocenters. The van der Waals surface area contributed by atoms with E-state index < -0.39 is 0 Å². The van der Waals surface area contributed by atoms with Crippen LogP contribution in [0.4, 0.5) is 0 Å². The second kappa shape index (κ2) is 5.91. The normalized spacial score (nSPS) is 19.3. The van der Waals surface area contributed by atoms with Gasteiger partial charge in [0.05, 0.1) is 6.04 Å². The van der Waals surface area contributed by atoms with Crippen LogP contribution in [0.15, 0.2) is 36.4 Å². The molecule has 1 heterocycles. The fourth-order valence-electron chi connectivity index (χ4n) is 2.11. The Labute approximate surface area is 109 Å². The Morgan fingerprint density at radius 3 is 2.83 bits per heavy atom. The Morgan fingerprint density at radius 2 is 2.17 bits per heavy atom. The molecule has 0 saturated carbocycles. The molecule has 98 valence electrons. The summed E-state index contributed by atoms with van der Waals surface area (Å²) in [7, 11) is 1.96. The molecular formula is C15H21NO2. The van der Waals surface area contributed by atoms with Crippen LogP contribution in [0.5, 0.6) is 11.5 Å². The quantitative estimate of drug-likeness (QED) is 0.812. The van der Waals surface area contributed by atoms with Crippen molar-refractivity contribution in [1.29, 1.82) is 0 Å². The van der Waals surface area contributed by atoms with Gasteiger partial charge in [0, 0.05) is 0 Å². The molecule has 18 heavy (non-hydrogen) atoms. The summed E-state index contributed by atoms with van der Waals surface area (Å²) in [6.07, 6.45) is 1.96. The van der Waals surface area contributed by atoms with Crippen LogP contribution in [0, 0.1) is 0 Å². The van der Waals surface area contributed by atoms with E-state index in [2.05, 4.69) is 18.8 Å². The summed E-state index contributed by atoms with van der Waals surface area (Å²) in [4.78, 5) is 0. The van der Waals surface area contributed by atoms with Gasteiger partial charge < -0.3 is 14.8 Å². The fourth-order valence-corrected chi connectivity index (χ4v) is 2.11. The third-order valence-electron chi connectivity index (χ3n) is 3.36. The van der Waals surface area contributed by atoms with E-state index in [1.807, 2.05) is 31.3 Å². The molecule has 0 radical (unpaired) electrons. The Hall–Kier alpha value is -1.48. The van der Waals surface area contributed by atoms with Crippen LogP contribution in [0.2, 0.25) is 0 Å². The van der Waals surface area contributed by atoms with Crippen LogP contribution < -0.4 is 14.8 Å². The molecule has 3 heteroatoms. The Kier molecular flexibility index (Phi) is 4.26. The summed E-state index contributed by atoms with van der Waals surface area (Å²) >= 11 is 0. The zero-order valence-electron chi connectivity index (χ0n) is 11.1. The smallest absolute Gasteiger partial charge is 0.161 e. The van der Waals surface area contributed by atoms with Crippen LogP contribution >= 0.6 is 0 Å². The molecular weight excluding hydrogens is 226 g/mol. The minimum atomic E-state index is 0.0354. The first-order valence-electron chi connectivity index (χ1n) is 6.47. The van der Waals surface area contributed by atoms with Gasteiger partial charge in [-0.3, -0.25) is 0 Å². The maximum atomic E-state index is 6.00. The molecule has 1 aliphatic heterocycles. The topological polar surface area (TPSA) is 30.5 Å². The largest absolute Gasteiger partial charge is 0.486 e. The zero-order chi connectivity index (χ0) is 13.0. The minimum Gasteiger partial charge on any atom is -0.486 e. The number of fused-ring (bicyclic) bond motifs is 1. The lowest BCUT2D eigenvalue weighted by Gasteiger charge is -2.32. The standard InChI is InChI=1S/C15H21NO2/c1-4-11(2)9-12(16-3)15-10-17-13-7-5-6-8-14(13)18-15/h5-8,12,15-16H,2,4,9-10H2,1,3H3. The Morgan fingerprint density at radius 1 is 1.44 bits per heavy atom. The van der Waals surface area contributed by atoms with Crippen molar-refractivity contribution >= 4 is 0 Å². The van der Waals surface area contributed by atoms with Crippen LogP contribution in [0.3, 0.4) is 0 Å². The van der Waals surface area contributed by atoms with E-state index in [0.29, 0.717) is 6.61 Å². The first-order valence-corrected chi connectivity index (χ1v) is 6.47. The van der Waals surface area contributed by atoms with Crippen molar-refractivity contribution in [3.63, 3.8) is 0 Å². The van der Waals surface area contributed by atoms with Crippen molar-refractivity contribution in [2.24, 2.45) is 0 Å². The molecule has 2 rings (SSSR count). The van der Waals surface area contributed by atoms with Gasteiger partial charge in [-0.05, 0) is 32.0 Å². The fraction of sp³-hybridized carbons (Fsp3) is 0.467. The van der Waals surface area contributed by atoms with Crippen molar-refractivity contribution in [3.05, 3.63) is 36.4 Å². The highest BCUT2D eigenvalue weighted by molar-refractivity contribution is 5.40. The van der Waals surface area contributed by atoms with E-state index in [9.17, 15) is 0 Å². The molecule has 0 saturated heterocycles. The number of hydrogen-bond donors (Lipinski definition) is 1. The third-order valence-corrected chi connectivity index (χ3v) is 3.36. The summed E-state index contributed by atoms with van der Waals surface area (Å²) in [6, 6.07) is 8.04. The second-order valence-electron chi connectivity index (χ2n) is 4.62. The summed E-state index contributed by atoms with van der Waals surface area (Å²) in [5.74, 6) is 1.66. The first-order chi connectivity index (χ1) is 8.74. The molecule has 1 aliphatic rings. The van der Waals surface area contributed by atoms with Gasteiger partial charge in [0.15, 0.2) is 11.5 Å². The number of likely N-dealkylation sites (N-methyl/N-ethyl adjacent to an activating group) is 1. The predicted molar refractivity (Wildman–Crippen MR) is 73.2 cm³/mol. The summed E-state index contributed by atoms with van der Waals surface area (Å²) in [6.45, 7) is 6.77. The van der Waals surface area contributed by atoms with Crippen LogP contribution in [-0.2, 0) is 0 Å². The van der Waals surface area contributed by atoms with Gasteiger partial charge in [0.25, 0.3) is 0 Å². The molecule has 1 N–H and O–H groups in total. The highest BCUT2D eigenvalue weighted by Crippen LogP contribution is 2.32. The van der Waals surface area contributed by atoms with Crippen molar-refractivity contribution in [1.82, 2.24) is 5.32 Å². The second-order valence-corrected chi connectivity index (χ2v) is 4.62. The highest BCUT2D eigenvalue weighted by atomic mass is 16.6. The lowest BCUT2D eigenvalue weighted by atomic mass is 10.0. The van der Waals surface area contributed by atoms with Crippen LogP contribution in [0.1, 0.15) is 19.8 Å². The highest BCUT2D eigenvalue weighted by Gasteiger charge is 2.27. The van der Waals surface area contributed by atoms with Crippen molar-refractivity contribution in [2.75, 3.05) is 13.7 Å². The van der Waals surface area contributed by atoms with Gasteiger partial charge >= 0.3 is 0 Å². The van der Waals surface area contributed by atoms with Crippen molar-refractivity contribution < 1.29 is 9.47 Å². The van der Waals surface area contributed by atoms with E-state index in [0.717, 1.165) is 24.3 Å². The lowest BCUT2D eigenvalue weighted by Crippen LogP contribution is -2.46. The van der Waals surface area contributed by atoms with E-state index in [1.165, 1.54) is 5.57 Å². The molecule has 0 aliphatic carbocycles. The van der Waals surface area contributed by atoms with Crippen LogP contribution in [-0.4, -0.2) is 25.8 Å². The van der Waals surface area contributed by atoms with Gasteiger partial charge in [-0.25, -0.2) is 0 Å². The first kappa shape index (κ1) is 13.0. The number of benzene rings is 1. The number of ether oxygens (including phenoxy) is 2. The molecule has 0 spiro atoms. The van der Waals surface area contributed by atoms with E-state index in [-0.39, 0.29) is 12.1 Å².